The molecule has 1 nitrogen and oxygen atoms in total. The van der Waals surface area contributed by atoms with Crippen molar-refractivity contribution in [1.82, 2.24) is 0 Å². The van der Waals surface area contributed by atoms with Crippen LogP contribution in [0.15, 0.2) is 48.5 Å². The maximum absolute atomic E-state index is 9.11. The molecule has 0 heterocycles. The summed E-state index contributed by atoms with van der Waals surface area (Å²) in [4.78, 5) is 0. The maximum atomic E-state index is 9.11. The highest BCUT2D eigenvalue weighted by Crippen LogP contribution is 2.11. The van der Waals surface area contributed by atoms with Crippen LogP contribution in [0.2, 0.25) is 0 Å². The summed E-state index contributed by atoms with van der Waals surface area (Å²) in [5.74, 6) is 0. The van der Waals surface area contributed by atoms with Gasteiger partial charge in [-0.25, -0.2) is 0 Å². The SMILES string of the molecule is Cc1ccc(C(C)O)cc1.Cc1ccc(C)cc1. The van der Waals surface area contributed by atoms with Crippen LogP contribution in [0.25, 0.3) is 0 Å². The molecule has 0 saturated carbocycles. The molecule has 18 heavy (non-hydrogen) atoms. The standard InChI is InChI=1S/C9H12O.C8H10/c1-7-3-5-9(6-4-7)8(2)10;1-7-3-5-8(2)6-4-7/h3-6,8,10H,1-2H3;3-6H,1-2H3. The molecular formula is C17H22O. The number of hydrogen-bond donors (Lipinski definition) is 1. The van der Waals surface area contributed by atoms with Crippen molar-refractivity contribution in [1.29, 1.82) is 0 Å². The number of hydrogen-bond acceptors (Lipinski definition) is 1. The zero-order valence-corrected chi connectivity index (χ0v) is 11.6. The lowest BCUT2D eigenvalue weighted by Crippen LogP contribution is -1.89. The fourth-order valence-corrected chi connectivity index (χ4v) is 1.48. The summed E-state index contributed by atoms with van der Waals surface area (Å²) < 4.78 is 0. The van der Waals surface area contributed by atoms with E-state index in [0.717, 1.165) is 5.56 Å². The summed E-state index contributed by atoms with van der Waals surface area (Å²) >= 11 is 0. The summed E-state index contributed by atoms with van der Waals surface area (Å²) in [6.07, 6.45) is -0.347. The molecule has 1 unspecified atom stereocenters. The minimum Gasteiger partial charge on any atom is -0.389 e. The first-order valence-electron chi connectivity index (χ1n) is 6.27. The summed E-state index contributed by atoms with van der Waals surface area (Å²) in [6.45, 7) is 8.00. The van der Waals surface area contributed by atoms with Gasteiger partial charge in [-0.2, -0.15) is 0 Å². The minimum atomic E-state index is -0.347. The van der Waals surface area contributed by atoms with Gasteiger partial charge in [0, 0.05) is 0 Å². The molecule has 0 bridgehead atoms. The van der Waals surface area contributed by atoms with Gasteiger partial charge in [0.15, 0.2) is 0 Å². The van der Waals surface area contributed by atoms with Crippen molar-refractivity contribution in [2.45, 2.75) is 33.8 Å². The Hall–Kier alpha value is -1.60. The Balaban J connectivity index is 0.000000184. The van der Waals surface area contributed by atoms with Gasteiger partial charge in [-0.1, -0.05) is 65.2 Å². The molecule has 1 heteroatoms. The quantitative estimate of drug-likeness (QED) is 0.788. The first-order valence-corrected chi connectivity index (χ1v) is 6.27. The summed E-state index contributed by atoms with van der Waals surface area (Å²) in [6, 6.07) is 16.4. The zero-order valence-electron chi connectivity index (χ0n) is 11.6. The van der Waals surface area contributed by atoms with E-state index in [-0.39, 0.29) is 6.10 Å². The molecule has 1 N–H and O–H groups in total. The van der Waals surface area contributed by atoms with Gasteiger partial charge < -0.3 is 5.11 Å². The van der Waals surface area contributed by atoms with Crippen molar-refractivity contribution in [3.8, 4) is 0 Å². The van der Waals surface area contributed by atoms with Crippen molar-refractivity contribution < 1.29 is 5.11 Å². The van der Waals surface area contributed by atoms with E-state index in [1.165, 1.54) is 16.7 Å². The van der Waals surface area contributed by atoms with Crippen molar-refractivity contribution in [2.24, 2.45) is 0 Å². The van der Waals surface area contributed by atoms with Crippen LogP contribution in [0.3, 0.4) is 0 Å². The predicted octanol–water partition coefficient (Wildman–Crippen LogP) is 4.35. The molecule has 0 spiro atoms. The molecule has 0 aromatic heterocycles. The van der Waals surface area contributed by atoms with E-state index >= 15 is 0 Å². The van der Waals surface area contributed by atoms with E-state index in [1.807, 2.05) is 31.2 Å². The molecule has 0 fully saturated rings. The second-order valence-electron chi connectivity index (χ2n) is 4.74. The highest BCUT2D eigenvalue weighted by Gasteiger charge is 1.97. The molecule has 0 aliphatic carbocycles. The summed E-state index contributed by atoms with van der Waals surface area (Å²) in [5, 5.41) is 9.11. The van der Waals surface area contributed by atoms with Crippen molar-refractivity contribution in [3.63, 3.8) is 0 Å². The summed E-state index contributed by atoms with van der Waals surface area (Å²) in [5.41, 5.74) is 4.86. The number of aliphatic hydroxyl groups excluding tert-OH is 1. The highest BCUT2D eigenvalue weighted by molar-refractivity contribution is 5.22. The van der Waals surface area contributed by atoms with Crippen LogP contribution in [0.1, 0.15) is 35.3 Å². The second-order valence-corrected chi connectivity index (χ2v) is 4.74. The molecule has 0 aliphatic rings. The molecule has 2 rings (SSSR count). The van der Waals surface area contributed by atoms with Gasteiger partial charge in [-0.05, 0) is 33.3 Å². The van der Waals surface area contributed by atoms with E-state index in [4.69, 9.17) is 5.11 Å². The highest BCUT2D eigenvalue weighted by atomic mass is 16.3. The van der Waals surface area contributed by atoms with Gasteiger partial charge in [-0.15, -0.1) is 0 Å². The Labute approximate surface area is 110 Å². The lowest BCUT2D eigenvalue weighted by Gasteiger charge is -2.02. The average molecular weight is 242 g/mol. The fourth-order valence-electron chi connectivity index (χ4n) is 1.48. The van der Waals surface area contributed by atoms with Crippen molar-refractivity contribution in [3.05, 3.63) is 70.8 Å². The largest absolute Gasteiger partial charge is 0.389 e. The third kappa shape index (κ3) is 5.15. The van der Waals surface area contributed by atoms with Crippen LogP contribution in [-0.4, -0.2) is 5.11 Å². The van der Waals surface area contributed by atoms with E-state index in [2.05, 4.69) is 38.1 Å². The molecule has 2 aromatic carbocycles. The van der Waals surface area contributed by atoms with Gasteiger partial charge in [0.25, 0.3) is 0 Å². The van der Waals surface area contributed by atoms with Gasteiger partial charge in [0.05, 0.1) is 6.10 Å². The molecule has 96 valence electrons. The molecule has 1 atom stereocenters. The fraction of sp³-hybridized carbons (Fsp3) is 0.294. The monoisotopic (exact) mass is 242 g/mol. The lowest BCUT2D eigenvalue weighted by atomic mass is 10.1. The lowest BCUT2D eigenvalue weighted by molar-refractivity contribution is 0.199. The first-order chi connectivity index (χ1) is 8.49. The van der Waals surface area contributed by atoms with Gasteiger partial charge >= 0.3 is 0 Å². The minimum absolute atomic E-state index is 0.347. The Bertz CT molecular complexity index is 431. The molecule has 0 amide bonds. The average Bonchev–Trinajstić information content (AvgIpc) is 2.34. The molecule has 0 aliphatic heterocycles. The van der Waals surface area contributed by atoms with E-state index < -0.39 is 0 Å². The van der Waals surface area contributed by atoms with E-state index in [9.17, 15) is 0 Å². The van der Waals surface area contributed by atoms with Crippen molar-refractivity contribution >= 4 is 0 Å². The van der Waals surface area contributed by atoms with Crippen LogP contribution >= 0.6 is 0 Å². The molecular weight excluding hydrogens is 220 g/mol. The van der Waals surface area contributed by atoms with Crippen LogP contribution in [0.5, 0.6) is 0 Å². The predicted molar refractivity (Wildman–Crippen MR) is 77.7 cm³/mol. The molecule has 0 radical (unpaired) electrons. The summed E-state index contributed by atoms with van der Waals surface area (Å²) in [7, 11) is 0. The van der Waals surface area contributed by atoms with E-state index in [0.29, 0.717) is 0 Å². The van der Waals surface area contributed by atoms with E-state index in [1.54, 1.807) is 6.92 Å². The number of benzene rings is 2. The Kier molecular flexibility index (Phi) is 5.60. The number of rotatable bonds is 1. The smallest absolute Gasteiger partial charge is 0.0761 e. The van der Waals surface area contributed by atoms with Gasteiger partial charge in [0.1, 0.15) is 0 Å². The maximum Gasteiger partial charge on any atom is 0.0761 e. The van der Waals surface area contributed by atoms with Gasteiger partial charge in [0.2, 0.25) is 0 Å². The third-order valence-corrected chi connectivity index (χ3v) is 2.78. The molecule has 0 saturated heterocycles. The topological polar surface area (TPSA) is 20.2 Å². The third-order valence-electron chi connectivity index (χ3n) is 2.78. The van der Waals surface area contributed by atoms with Crippen LogP contribution in [0.4, 0.5) is 0 Å². The normalized spacial score (nSPS) is 11.4. The van der Waals surface area contributed by atoms with Gasteiger partial charge in [-0.3, -0.25) is 0 Å². The molecule has 2 aromatic rings. The Morgan fingerprint density at radius 3 is 1.22 bits per heavy atom. The van der Waals surface area contributed by atoms with Crippen molar-refractivity contribution in [2.75, 3.05) is 0 Å². The Morgan fingerprint density at radius 2 is 0.944 bits per heavy atom. The van der Waals surface area contributed by atoms with Crippen LogP contribution in [0, 0.1) is 20.8 Å². The number of aliphatic hydroxyl groups is 1. The zero-order chi connectivity index (χ0) is 13.5. The second kappa shape index (κ2) is 6.97. The van der Waals surface area contributed by atoms with Crippen LogP contribution in [-0.2, 0) is 0 Å². The first kappa shape index (κ1) is 14.5. The number of aryl methyl sites for hydroxylation is 3. The van der Waals surface area contributed by atoms with Crippen LogP contribution < -0.4 is 0 Å². The Morgan fingerprint density at radius 1 is 0.667 bits per heavy atom.